The number of aromatic nitrogens is 1. The Hall–Kier alpha value is -1.98. The largest absolute Gasteiger partial charge is 0.375 e. The van der Waals surface area contributed by atoms with Gasteiger partial charge in [-0.3, -0.25) is 10.4 Å². The zero-order chi connectivity index (χ0) is 13.7. The molecule has 0 fully saturated rings. The number of nitrogens with one attached hydrogen (secondary N) is 1. The van der Waals surface area contributed by atoms with Gasteiger partial charge in [-0.05, 0) is 36.5 Å². The second-order valence-corrected chi connectivity index (χ2v) is 4.53. The number of thiocarbonyl (C=S) groups is 1. The number of hydrogen-bond acceptors (Lipinski definition) is 3. The van der Waals surface area contributed by atoms with E-state index in [-0.39, 0.29) is 5.11 Å². The van der Waals surface area contributed by atoms with Crippen molar-refractivity contribution in [2.75, 3.05) is 0 Å². The van der Waals surface area contributed by atoms with E-state index in [1.165, 1.54) is 0 Å². The van der Waals surface area contributed by atoms with E-state index in [0.717, 1.165) is 5.56 Å². The third-order valence-electron chi connectivity index (χ3n) is 2.30. The van der Waals surface area contributed by atoms with Crippen molar-refractivity contribution >= 4 is 34.6 Å². The Morgan fingerprint density at radius 3 is 2.53 bits per heavy atom. The van der Waals surface area contributed by atoms with Crippen LogP contribution in [-0.4, -0.2) is 15.8 Å². The molecule has 0 spiro atoms. The number of pyridine rings is 1. The lowest BCUT2D eigenvalue weighted by Crippen LogP contribution is -2.26. The zero-order valence-electron chi connectivity index (χ0n) is 9.88. The van der Waals surface area contributed by atoms with Gasteiger partial charge in [0.15, 0.2) is 5.11 Å². The molecule has 0 atom stereocenters. The van der Waals surface area contributed by atoms with Crippen molar-refractivity contribution in [2.45, 2.75) is 0 Å². The molecule has 0 saturated carbocycles. The average Bonchev–Trinajstić information content (AvgIpc) is 2.42. The van der Waals surface area contributed by atoms with Gasteiger partial charge in [-0.15, -0.1) is 0 Å². The number of benzene rings is 1. The van der Waals surface area contributed by atoms with Crippen molar-refractivity contribution in [3.05, 3.63) is 64.9 Å². The quantitative estimate of drug-likeness (QED) is 0.517. The molecule has 0 aliphatic heterocycles. The Morgan fingerprint density at radius 1 is 1.21 bits per heavy atom. The van der Waals surface area contributed by atoms with Crippen LogP contribution in [0.1, 0.15) is 11.3 Å². The van der Waals surface area contributed by atoms with Crippen molar-refractivity contribution in [1.29, 1.82) is 0 Å². The number of halogens is 1. The first kappa shape index (κ1) is 13.5. The standard InChI is InChI=1S/C13H11ClN4S/c14-10-6-4-9(5-7-10)12(17-18-13(15)19)11-3-1-2-8-16-11/h1-8H,(H3,15,18,19)/b17-12+. The van der Waals surface area contributed by atoms with E-state index in [4.69, 9.17) is 29.6 Å². The lowest BCUT2D eigenvalue weighted by Gasteiger charge is -2.07. The van der Waals surface area contributed by atoms with E-state index in [2.05, 4.69) is 15.5 Å². The molecule has 0 saturated heterocycles. The summed E-state index contributed by atoms with van der Waals surface area (Å²) in [6.45, 7) is 0. The maximum atomic E-state index is 5.88. The molecular formula is C13H11ClN4S. The van der Waals surface area contributed by atoms with E-state index in [9.17, 15) is 0 Å². The smallest absolute Gasteiger partial charge is 0.184 e. The first-order valence-electron chi connectivity index (χ1n) is 5.47. The van der Waals surface area contributed by atoms with Gasteiger partial charge in [-0.1, -0.05) is 29.8 Å². The van der Waals surface area contributed by atoms with Crippen molar-refractivity contribution in [1.82, 2.24) is 10.4 Å². The zero-order valence-corrected chi connectivity index (χ0v) is 11.4. The number of hydrazone groups is 1. The lowest BCUT2D eigenvalue weighted by atomic mass is 10.1. The molecule has 2 rings (SSSR count). The van der Waals surface area contributed by atoms with Crippen LogP contribution in [0.5, 0.6) is 0 Å². The second kappa shape index (κ2) is 6.26. The highest BCUT2D eigenvalue weighted by Crippen LogP contribution is 2.13. The molecule has 1 aromatic heterocycles. The molecule has 0 radical (unpaired) electrons. The number of nitrogens with two attached hydrogens (primary N) is 1. The number of rotatable bonds is 3. The van der Waals surface area contributed by atoms with E-state index in [1.807, 2.05) is 30.3 Å². The predicted molar refractivity (Wildman–Crippen MR) is 81.2 cm³/mol. The Labute approximate surface area is 121 Å². The van der Waals surface area contributed by atoms with Crippen molar-refractivity contribution in [2.24, 2.45) is 10.8 Å². The lowest BCUT2D eigenvalue weighted by molar-refractivity contribution is 1.03. The van der Waals surface area contributed by atoms with Crippen LogP contribution in [0.25, 0.3) is 0 Å². The summed E-state index contributed by atoms with van der Waals surface area (Å²) >= 11 is 10.6. The molecule has 6 heteroatoms. The van der Waals surface area contributed by atoms with Crippen LogP contribution < -0.4 is 11.2 Å². The Morgan fingerprint density at radius 2 is 1.95 bits per heavy atom. The van der Waals surface area contributed by atoms with Crippen molar-refractivity contribution in [3.63, 3.8) is 0 Å². The molecule has 0 aliphatic rings. The molecule has 96 valence electrons. The normalized spacial score (nSPS) is 11.1. The molecule has 2 aromatic rings. The van der Waals surface area contributed by atoms with Crippen molar-refractivity contribution < 1.29 is 0 Å². The summed E-state index contributed by atoms with van der Waals surface area (Å²) in [5, 5.41) is 4.95. The molecule has 0 aliphatic carbocycles. The van der Waals surface area contributed by atoms with Gasteiger partial charge in [0.25, 0.3) is 0 Å². The molecule has 4 nitrogen and oxygen atoms in total. The van der Waals surface area contributed by atoms with Crippen LogP contribution in [0.2, 0.25) is 5.02 Å². The molecule has 19 heavy (non-hydrogen) atoms. The Bertz CT molecular complexity index is 596. The van der Waals surface area contributed by atoms with Gasteiger partial charge in [0, 0.05) is 16.8 Å². The summed E-state index contributed by atoms with van der Waals surface area (Å²) in [7, 11) is 0. The van der Waals surface area contributed by atoms with Gasteiger partial charge >= 0.3 is 0 Å². The summed E-state index contributed by atoms with van der Waals surface area (Å²) < 4.78 is 0. The van der Waals surface area contributed by atoms with Crippen LogP contribution >= 0.6 is 23.8 Å². The summed E-state index contributed by atoms with van der Waals surface area (Å²) in [6.07, 6.45) is 1.70. The first-order valence-corrected chi connectivity index (χ1v) is 6.26. The number of nitrogens with zero attached hydrogens (tertiary/aromatic N) is 2. The highest BCUT2D eigenvalue weighted by molar-refractivity contribution is 7.80. The van der Waals surface area contributed by atoms with E-state index < -0.39 is 0 Å². The van der Waals surface area contributed by atoms with E-state index in [0.29, 0.717) is 16.4 Å². The summed E-state index contributed by atoms with van der Waals surface area (Å²) in [6, 6.07) is 12.9. The summed E-state index contributed by atoms with van der Waals surface area (Å²) in [5.74, 6) is 0. The second-order valence-electron chi connectivity index (χ2n) is 3.66. The van der Waals surface area contributed by atoms with Crippen LogP contribution in [0, 0.1) is 0 Å². The molecule has 0 bridgehead atoms. The van der Waals surface area contributed by atoms with E-state index in [1.54, 1.807) is 18.3 Å². The summed E-state index contributed by atoms with van der Waals surface area (Å²) in [4.78, 5) is 4.27. The maximum Gasteiger partial charge on any atom is 0.184 e. The van der Waals surface area contributed by atoms with Gasteiger partial charge in [0.1, 0.15) is 5.71 Å². The molecule has 0 amide bonds. The van der Waals surface area contributed by atoms with Gasteiger partial charge in [0.2, 0.25) is 0 Å². The van der Waals surface area contributed by atoms with Crippen LogP contribution in [0.3, 0.4) is 0 Å². The topological polar surface area (TPSA) is 63.3 Å². The molecule has 1 aromatic carbocycles. The molecule has 3 N–H and O–H groups in total. The Balaban J connectivity index is 2.43. The summed E-state index contributed by atoms with van der Waals surface area (Å²) in [5.41, 5.74) is 10.2. The van der Waals surface area contributed by atoms with Gasteiger partial charge < -0.3 is 5.73 Å². The fourth-order valence-corrected chi connectivity index (χ4v) is 1.66. The van der Waals surface area contributed by atoms with Crippen LogP contribution in [-0.2, 0) is 0 Å². The predicted octanol–water partition coefficient (Wildman–Crippen LogP) is 2.32. The fourth-order valence-electron chi connectivity index (χ4n) is 1.49. The average molecular weight is 291 g/mol. The third-order valence-corrected chi connectivity index (χ3v) is 2.65. The SMILES string of the molecule is NC(=S)N/N=C(\c1ccc(Cl)cc1)c1ccccn1. The highest BCUT2D eigenvalue weighted by Gasteiger charge is 2.08. The minimum Gasteiger partial charge on any atom is -0.375 e. The van der Waals surface area contributed by atoms with Crippen LogP contribution in [0.4, 0.5) is 0 Å². The maximum absolute atomic E-state index is 5.88. The monoisotopic (exact) mass is 290 g/mol. The molecule has 1 heterocycles. The highest BCUT2D eigenvalue weighted by atomic mass is 35.5. The van der Waals surface area contributed by atoms with Gasteiger partial charge in [-0.25, -0.2) is 0 Å². The third kappa shape index (κ3) is 3.74. The van der Waals surface area contributed by atoms with Crippen LogP contribution in [0.15, 0.2) is 53.8 Å². The fraction of sp³-hybridized carbons (Fsp3) is 0. The molecule has 0 unspecified atom stereocenters. The van der Waals surface area contributed by atoms with Gasteiger partial charge in [-0.2, -0.15) is 5.10 Å². The Kier molecular flexibility index (Phi) is 4.43. The number of hydrogen-bond donors (Lipinski definition) is 2. The molecular weight excluding hydrogens is 280 g/mol. The van der Waals surface area contributed by atoms with E-state index >= 15 is 0 Å². The first-order chi connectivity index (χ1) is 9.16. The van der Waals surface area contributed by atoms with Gasteiger partial charge in [0.05, 0.1) is 5.69 Å². The minimum absolute atomic E-state index is 0.0994. The minimum atomic E-state index is 0.0994. The van der Waals surface area contributed by atoms with Crippen molar-refractivity contribution in [3.8, 4) is 0 Å².